The average Bonchev–Trinajstić information content (AvgIpc) is 2.45. The summed E-state index contributed by atoms with van der Waals surface area (Å²) in [6, 6.07) is 1.88. The van der Waals surface area contributed by atoms with Gasteiger partial charge in [-0.25, -0.2) is 9.97 Å². The molecule has 0 aliphatic carbocycles. The van der Waals surface area contributed by atoms with E-state index in [1.54, 1.807) is 7.11 Å². The van der Waals surface area contributed by atoms with E-state index in [2.05, 4.69) is 27.5 Å². The molecule has 0 bridgehead atoms. The molecule has 1 fully saturated rings. The van der Waals surface area contributed by atoms with Gasteiger partial charge in [0.1, 0.15) is 18.2 Å². The molecule has 0 atom stereocenters. The molecule has 1 aliphatic heterocycles. The van der Waals surface area contributed by atoms with Crippen LogP contribution in [0.4, 0.5) is 11.6 Å². The van der Waals surface area contributed by atoms with Gasteiger partial charge in [-0.15, -0.1) is 0 Å². The van der Waals surface area contributed by atoms with Crippen LogP contribution in [-0.2, 0) is 16.1 Å². The van der Waals surface area contributed by atoms with E-state index < -0.39 is 0 Å². The summed E-state index contributed by atoms with van der Waals surface area (Å²) in [6.07, 6.45) is 1.02. The zero-order valence-corrected chi connectivity index (χ0v) is 12.0. The largest absolute Gasteiger partial charge is 0.377 e. The number of nitrogens with zero attached hydrogens (tertiary/aromatic N) is 3. The number of ether oxygens (including phenoxy) is 1. The fraction of sp³-hybridized carbons (Fsp3) is 0.615. The van der Waals surface area contributed by atoms with Crippen LogP contribution in [0.1, 0.15) is 19.2 Å². The van der Waals surface area contributed by atoms with Crippen molar-refractivity contribution in [1.82, 2.24) is 15.3 Å². The molecule has 2 N–H and O–H groups in total. The number of piperazine rings is 1. The van der Waals surface area contributed by atoms with Crippen LogP contribution in [0, 0.1) is 0 Å². The number of amides is 1. The molecule has 7 heteroatoms. The van der Waals surface area contributed by atoms with E-state index in [1.807, 2.05) is 11.0 Å². The van der Waals surface area contributed by atoms with Crippen LogP contribution in [0.5, 0.6) is 0 Å². The van der Waals surface area contributed by atoms with Gasteiger partial charge in [0.2, 0.25) is 5.91 Å². The highest BCUT2D eigenvalue weighted by atomic mass is 16.5. The third-order valence-corrected chi connectivity index (χ3v) is 2.95. The molecule has 2 rings (SSSR count). The maximum Gasteiger partial charge on any atom is 0.239 e. The average molecular weight is 279 g/mol. The Morgan fingerprint density at radius 2 is 2.35 bits per heavy atom. The molecule has 1 aromatic rings. The lowest BCUT2D eigenvalue weighted by Gasteiger charge is -2.28. The molecular formula is C13H21N5O2. The van der Waals surface area contributed by atoms with Crippen LogP contribution in [0.15, 0.2) is 6.07 Å². The highest BCUT2D eigenvalue weighted by molar-refractivity contribution is 5.82. The molecule has 0 spiro atoms. The van der Waals surface area contributed by atoms with Gasteiger partial charge in [0.05, 0.1) is 6.54 Å². The number of anilines is 2. The molecule has 20 heavy (non-hydrogen) atoms. The molecule has 7 nitrogen and oxygen atoms in total. The van der Waals surface area contributed by atoms with Gasteiger partial charge in [-0.05, 0) is 6.42 Å². The lowest BCUT2D eigenvalue weighted by atomic mass is 10.3. The first kappa shape index (κ1) is 14.5. The first-order valence-corrected chi connectivity index (χ1v) is 6.85. The summed E-state index contributed by atoms with van der Waals surface area (Å²) in [5.74, 6) is 2.18. The molecule has 1 amide bonds. The number of hydrogen-bond acceptors (Lipinski definition) is 6. The second-order valence-corrected chi connectivity index (χ2v) is 4.66. The van der Waals surface area contributed by atoms with Gasteiger partial charge in [0, 0.05) is 32.8 Å². The Labute approximate surface area is 118 Å². The van der Waals surface area contributed by atoms with Crippen molar-refractivity contribution in [3.8, 4) is 0 Å². The first-order chi connectivity index (χ1) is 9.72. The standard InChI is InChI=1S/C13H21N5O2/c1-3-4-14-10-7-12(17-11(16-10)9-20-2)18-6-5-15-13(19)8-18/h7H,3-6,8-9H2,1-2H3,(H,15,19)(H,14,16,17). The van der Waals surface area contributed by atoms with Crippen LogP contribution >= 0.6 is 0 Å². The molecule has 1 saturated heterocycles. The highest BCUT2D eigenvalue weighted by Gasteiger charge is 2.18. The van der Waals surface area contributed by atoms with Crippen molar-refractivity contribution in [3.05, 3.63) is 11.9 Å². The number of methoxy groups -OCH3 is 1. The zero-order chi connectivity index (χ0) is 14.4. The number of aromatic nitrogens is 2. The number of nitrogens with one attached hydrogen (secondary N) is 2. The summed E-state index contributed by atoms with van der Waals surface area (Å²) in [4.78, 5) is 22.3. The molecule has 0 aromatic carbocycles. The third kappa shape index (κ3) is 3.80. The minimum Gasteiger partial charge on any atom is -0.377 e. The summed E-state index contributed by atoms with van der Waals surface area (Å²) >= 11 is 0. The Balaban J connectivity index is 2.20. The van der Waals surface area contributed by atoms with E-state index in [4.69, 9.17) is 4.74 Å². The fourth-order valence-electron chi connectivity index (χ4n) is 2.02. The van der Waals surface area contributed by atoms with Crippen molar-refractivity contribution in [3.63, 3.8) is 0 Å². The van der Waals surface area contributed by atoms with Crippen LogP contribution in [0.2, 0.25) is 0 Å². The van der Waals surface area contributed by atoms with Gasteiger partial charge in [-0.2, -0.15) is 0 Å². The molecule has 0 radical (unpaired) electrons. The molecule has 110 valence electrons. The van der Waals surface area contributed by atoms with Crippen molar-refractivity contribution in [1.29, 1.82) is 0 Å². The van der Waals surface area contributed by atoms with Gasteiger partial charge in [-0.1, -0.05) is 6.92 Å². The predicted molar refractivity (Wildman–Crippen MR) is 76.7 cm³/mol. The van der Waals surface area contributed by atoms with Crippen LogP contribution in [-0.4, -0.2) is 49.2 Å². The topological polar surface area (TPSA) is 79.4 Å². The maximum atomic E-state index is 11.5. The molecule has 0 saturated carbocycles. The minimum absolute atomic E-state index is 0.0196. The van der Waals surface area contributed by atoms with E-state index in [0.717, 1.165) is 31.1 Å². The van der Waals surface area contributed by atoms with Gasteiger partial charge >= 0.3 is 0 Å². The SMILES string of the molecule is CCCNc1cc(N2CCNC(=O)C2)nc(COC)n1. The Morgan fingerprint density at radius 3 is 3.05 bits per heavy atom. The van der Waals surface area contributed by atoms with Crippen LogP contribution < -0.4 is 15.5 Å². The van der Waals surface area contributed by atoms with Crippen molar-refractivity contribution < 1.29 is 9.53 Å². The van der Waals surface area contributed by atoms with Gasteiger partial charge in [0.25, 0.3) is 0 Å². The number of rotatable bonds is 6. The van der Waals surface area contributed by atoms with Gasteiger partial charge < -0.3 is 20.3 Å². The molecule has 1 aromatic heterocycles. The molecule has 2 heterocycles. The maximum absolute atomic E-state index is 11.5. The van der Waals surface area contributed by atoms with Gasteiger partial charge in [0.15, 0.2) is 5.82 Å². The van der Waals surface area contributed by atoms with Crippen LogP contribution in [0.25, 0.3) is 0 Å². The lowest BCUT2D eigenvalue weighted by Crippen LogP contribution is -2.48. The highest BCUT2D eigenvalue weighted by Crippen LogP contribution is 2.17. The second-order valence-electron chi connectivity index (χ2n) is 4.66. The van der Waals surface area contributed by atoms with Crippen molar-refractivity contribution in [2.45, 2.75) is 20.0 Å². The normalized spacial score (nSPS) is 15.1. The fourth-order valence-corrected chi connectivity index (χ4v) is 2.02. The zero-order valence-electron chi connectivity index (χ0n) is 12.0. The number of carbonyl (C=O) groups is 1. The van der Waals surface area contributed by atoms with Gasteiger partial charge in [-0.3, -0.25) is 4.79 Å². The van der Waals surface area contributed by atoms with E-state index in [-0.39, 0.29) is 5.91 Å². The molecule has 1 aliphatic rings. The monoisotopic (exact) mass is 279 g/mol. The lowest BCUT2D eigenvalue weighted by molar-refractivity contribution is -0.120. The summed E-state index contributed by atoms with van der Waals surface area (Å²) in [5.41, 5.74) is 0. The smallest absolute Gasteiger partial charge is 0.239 e. The summed E-state index contributed by atoms with van der Waals surface area (Å²) < 4.78 is 5.10. The van der Waals surface area contributed by atoms with Crippen LogP contribution in [0.3, 0.4) is 0 Å². The second kappa shape index (κ2) is 7.04. The number of carbonyl (C=O) groups excluding carboxylic acids is 1. The first-order valence-electron chi connectivity index (χ1n) is 6.85. The molecule has 0 unspecified atom stereocenters. The van der Waals surface area contributed by atoms with E-state index >= 15 is 0 Å². The van der Waals surface area contributed by atoms with E-state index in [1.165, 1.54) is 0 Å². The van der Waals surface area contributed by atoms with E-state index in [0.29, 0.717) is 25.5 Å². The quantitative estimate of drug-likeness (QED) is 0.784. The third-order valence-electron chi connectivity index (χ3n) is 2.95. The summed E-state index contributed by atoms with van der Waals surface area (Å²) in [6.45, 7) is 5.03. The Hall–Kier alpha value is -1.89. The number of hydrogen-bond donors (Lipinski definition) is 2. The summed E-state index contributed by atoms with van der Waals surface area (Å²) in [7, 11) is 1.61. The Morgan fingerprint density at radius 1 is 1.50 bits per heavy atom. The minimum atomic E-state index is 0.0196. The predicted octanol–water partition coefficient (Wildman–Crippen LogP) is 0.381. The Bertz CT molecular complexity index is 466. The van der Waals surface area contributed by atoms with Crippen molar-refractivity contribution in [2.75, 3.05) is 43.5 Å². The Kier molecular flexibility index (Phi) is 5.11. The van der Waals surface area contributed by atoms with Crippen molar-refractivity contribution in [2.24, 2.45) is 0 Å². The summed E-state index contributed by atoms with van der Waals surface area (Å²) in [5, 5.41) is 6.06. The van der Waals surface area contributed by atoms with Crippen molar-refractivity contribution >= 4 is 17.5 Å². The van der Waals surface area contributed by atoms with E-state index in [9.17, 15) is 4.79 Å². The molecular weight excluding hydrogens is 258 g/mol.